The maximum absolute atomic E-state index is 12.0. The third-order valence-corrected chi connectivity index (χ3v) is 3.90. The highest BCUT2D eigenvalue weighted by Gasteiger charge is 2.31. The van der Waals surface area contributed by atoms with Gasteiger partial charge >= 0.3 is 6.09 Å². The minimum absolute atomic E-state index is 0.0135. The van der Waals surface area contributed by atoms with Gasteiger partial charge in [0.15, 0.2) is 0 Å². The van der Waals surface area contributed by atoms with E-state index in [4.69, 9.17) is 16.3 Å². The maximum atomic E-state index is 12.0. The number of amides is 2. The molecule has 114 valence electrons. The Morgan fingerprint density at radius 2 is 2.10 bits per heavy atom. The SMILES string of the molecule is CN(C(=O)OCc1ccccc1)[C@@H]1CCN(C(=O)CCl)C1. The van der Waals surface area contributed by atoms with Crippen molar-refractivity contribution >= 4 is 23.6 Å². The first-order chi connectivity index (χ1) is 10.1. The zero-order valence-corrected chi connectivity index (χ0v) is 12.8. The van der Waals surface area contributed by atoms with Crippen molar-refractivity contribution in [1.82, 2.24) is 9.80 Å². The van der Waals surface area contributed by atoms with Crippen molar-refractivity contribution < 1.29 is 14.3 Å². The predicted molar refractivity (Wildman–Crippen MR) is 80.1 cm³/mol. The van der Waals surface area contributed by atoms with Crippen LogP contribution in [0, 0.1) is 0 Å². The van der Waals surface area contributed by atoms with Crippen LogP contribution in [0.25, 0.3) is 0 Å². The predicted octanol–water partition coefficient (Wildman–Crippen LogP) is 2.09. The first-order valence-corrected chi connectivity index (χ1v) is 7.42. The van der Waals surface area contributed by atoms with Crippen molar-refractivity contribution in [1.29, 1.82) is 0 Å². The lowest BCUT2D eigenvalue weighted by atomic mass is 10.2. The highest BCUT2D eigenvalue weighted by atomic mass is 35.5. The topological polar surface area (TPSA) is 49.9 Å². The number of carbonyl (C=O) groups excluding carboxylic acids is 2. The maximum Gasteiger partial charge on any atom is 0.410 e. The number of benzene rings is 1. The van der Waals surface area contributed by atoms with Crippen molar-refractivity contribution in [2.75, 3.05) is 26.0 Å². The first kappa shape index (κ1) is 15.6. The molecule has 1 fully saturated rings. The van der Waals surface area contributed by atoms with Gasteiger partial charge in [0.2, 0.25) is 5.91 Å². The molecule has 1 saturated heterocycles. The van der Waals surface area contributed by atoms with Crippen molar-refractivity contribution in [2.45, 2.75) is 19.1 Å². The average Bonchev–Trinajstić information content (AvgIpc) is 3.02. The summed E-state index contributed by atoms with van der Waals surface area (Å²) in [6.45, 7) is 1.40. The van der Waals surface area contributed by atoms with Crippen LogP contribution in [0.1, 0.15) is 12.0 Å². The molecular formula is C15H19ClN2O3. The second-order valence-electron chi connectivity index (χ2n) is 5.07. The van der Waals surface area contributed by atoms with E-state index in [-0.39, 0.29) is 30.5 Å². The summed E-state index contributed by atoms with van der Waals surface area (Å²) < 4.78 is 5.28. The highest BCUT2D eigenvalue weighted by Crippen LogP contribution is 2.16. The summed E-state index contributed by atoms with van der Waals surface area (Å²) >= 11 is 5.54. The van der Waals surface area contributed by atoms with Crippen LogP contribution < -0.4 is 0 Å². The van der Waals surface area contributed by atoms with E-state index in [1.54, 1.807) is 16.8 Å². The Hall–Kier alpha value is -1.75. The van der Waals surface area contributed by atoms with Crippen LogP contribution in [-0.2, 0) is 16.1 Å². The molecule has 6 heteroatoms. The molecule has 21 heavy (non-hydrogen) atoms. The molecule has 2 rings (SSSR count). The van der Waals surface area contributed by atoms with Crippen molar-refractivity contribution in [3.63, 3.8) is 0 Å². The number of carbonyl (C=O) groups is 2. The largest absolute Gasteiger partial charge is 0.445 e. The minimum Gasteiger partial charge on any atom is -0.445 e. The Kier molecular flexibility index (Phi) is 5.44. The zero-order chi connectivity index (χ0) is 15.2. The molecule has 1 aromatic carbocycles. The number of ether oxygens (including phenoxy) is 1. The van der Waals surface area contributed by atoms with E-state index in [0.717, 1.165) is 12.0 Å². The van der Waals surface area contributed by atoms with Gasteiger partial charge in [0.25, 0.3) is 0 Å². The fraction of sp³-hybridized carbons (Fsp3) is 0.467. The molecule has 0 radical (unpaired) electrons. The number of rotatable bonds is 4. The minimum atomic E-state index is -0.371. The molecule has 0 aromatic heterocycles. The number of likely N-dealkylation sites (N-methyl/N-ethyl adjacent to an activating group) is 1. The Labute approximate surface area is 129 Å². The van der Waals surface area contributed by atoms with Gasteiger partial charge in [0, 0.05) is 20.1 Å². The highest BCUT2D eigenvalue weighted by molar-refractivity contribution is 6.27. The summed E-state index contributed by atoms with van der Waals surface area (Å²) in [5.41, 5.74) is 0.949. The molecule has 1 aromatic rings. The lowest BCUT2D eigenvalue weighted by molar-refractivity contribution is -0.127. The molecule has 0 N–H and O–H groups in total. The first-order valence-electron chi connectivity index (χ1n) is 6.89. The second-order valence-corrected chi connectivity index (χ2v) is 5.33. The van der Waals surface area contributed by atoms with Crippen LogP contribution >= 0.6 is 11.6 Å². The Balaban J connectivity index is 1.81. The van der Waals surface area contributed by atoms with Crippen LogP contribution in [0.3, 0.4) is 0 Å². The van der Waals surface area contributed by atoms with Gasteiger partial charge in [0.05, 0.1) is 6.04 Å². The Morgan fingerprint density at radius 3 is 2.76 bits per heavy atom. The van der Waals surface area contributed by atoms with E-state index in [0.29, 0.717) is 13.1 Å². The lowest BCUT2D eigenvalue weighted by Crippen LogP contribution is -2.40. The van der Waals surface area contributed by atoms with Crippen molar-refractivity contribution in [3.05, 3.63) is 35.9 Å². The van der Waals surface area contributed by atoms with Crippen LogP contribution in [-0.4, -0.2) is 53.9 Å². The van der Waals surface area contributed by atoms with E-state index < -0.39 is 0 Å². The van der Waals surface area contributed by atoms with E-state index in [9.17, 15) is 9.59 Å². The van der Waals surface area contributed by atoms with Crippen molar-refractivity contribution in [2.24, 2.45) is 0 Å². The molecule has 1 atom stereocenters. The summed E-state index contributed by atoms with van der Waals surface area (Å²) in [5.74, 6) is -0.111. The van der Waals surface area contributed by atoms with E-state index in [1.807, 2.05) is 30.3 Å². The fourth-order valence-electron chi connectivity index (χ4n) is 2.34. The van der Waals surface area contributed by atoms with Crippen LogP contribution in [0.5, 0.6) is 0 Å². The van der Waals surface area contributed by atoms with Gasteiger partial charge < -0.3 is 14.5 Å². The quantitative estimate of drug-likeness (QED) is 0.800. The zero-order valence-electron chi connectivity index (χ0n) is 12.0. The number of nitrogens with zero attached hydrogens (tertiary/aromatic N) is 2. The number of likely N-dealkylation sites (tertiary alicyclic amines) is 1. The number of halogens is 1. The molecule has 0 unspecified atom stereocenters. The van der Waals surface area contributed by atoms with Crippen LogP contribution in [0.4, 0.5) is 4.79 Å². The third kappa shape index (κ3) is 4.11. The van der Waals surface area contributed by atoms with E-state index in [2.05, 4.69) is 0 Å². The van der Waals surface area contributed by atoms with Crippen LogP contribution in [0.2, 0.25) is 0 Å². The molecule has 0 spiro atoms. The third-order valence-electron chi connectivity index (χ3n) is 3.67. The summed E-state index contributed by atoms with van der Waals surface area (Å²) in [4.78, 5) is 26.8. The molecule has 2 amide bonds. The second kappa shape index (κ2) is 7.31. The summed E-state index contributed by atoms with van der Waals surface area (Å²) in [6.07, 6.45) is 0.378. The molecule has 0 bridgehead atoms. The summed E-state index contributed by atoms with van der Waals surface area (Å²) in [7, 11) is 1.70. The molecule has 5 nitrogen and oxygen atoms in total. The van der Waals surface area contributed by atoms with Gasteiger partial charge in [-0.05, 0) is 12.0 Å². The molecule has 1 heterocycles. The normalized spacial score (nSPS) is 17.6. The van der Waals surface area contributed by atoms with Gasteiger partial charge in [-0.15, -0.1) is 11.6 Å². The fourth-order valence-corrected chi connectivity index (χ4v) is 2.51. The molecule has 0 saturated carbocycles. The van der Waals surface area contributed by atoms with Crippen molar-refractivity contribution in [3.8, 4) is 0 Å². The smallest absolute Gasteiger partial charge is 0.410 e. The molecule has 1 aliphatic rings. The number of hydrogen-bond donors (Lipinski definition) is 0. The molecule has 1 aliphatic heterocycles. The van der Waals surface area contributed by atoms with Gasteiger partial charge in [-0.25, -0.2) is 4.79 Å². The van der Waals surface area contributed by atoms with Gasteiger partial charge in [-0.1, -0.05) is 30.3 Å². The standard InChI is InChI=1S/C15H19ClN2O3/c1-17(13-7-8-18(10-13)14(19)9-16)15(20)21-11-12-5-3-2-4-6-12/h2-6,13H,7-11H2,1H3/t13-/m1/s1. The Bertz CT molecular complexity index is 495. The number of alkyl halides is 1. The van der Waals surface area contributed by atoms with Gasteiger partial charge in [0.1, 0.15) is 12.5 Å². The lowest BCUT2D eigenvalue weighted by Gasteiger charge is -2.24. The van der Waals surface area contributed by atoms with Gasteiger partial charge in [-0.3, -0.25) is 4.79 Å². The molecular weight excluding hydrogens is 292 g/mol. The van der Waals surface area contributed by atoms with E-state index in [1.165, 1.54) is 0 Å². The van der Waals surface area contributed by atoms with Crippen LogP contribution in [0.15, 0.2) is 30.3 Å². The number of hydrogen-bond acceptors (Lipinski definition) is 3. The molecule has 0 aliphatic carbocycles. The average molecular weight is 311 g/mol. The van der Waals surface area contributed by atoms with Gasteiger partial charge in [-0.2, -0.15) is 0 Å². The summed E-state index contributed by atoms with van der Waals surface area (Å²) in [6, 6.07) is 9.52. The van der Waals surface area contributed by atoms with E-state index >= 15 is 0 Å². The summed E-state index contributed by atoms with van der Waals surface area (Å²) in [5, 5.41) is 0. The Morgan fingerprint density at radius 1 is 1.38 bits per heavy atom. The monoisotopic (exact) mass is 310 g/mol.